The number of epoxide rings is 1. The van der Waals surface area contributed by atoms with Crippen LogP contribution in [0.4, 0.5) is 0 Å². The highest BCUT2D eigenvalue weighted by molar-refractivity contribution is 5.66. The summed E-state index contributed by atoms with van der Waals surface area (Å²) >= 11 is 0. The van der Waals surface area contributed by atoms with Crippen molar-refractivity contribution < 1.29 is 19.4 Å². The Morgan fingerprint density at radius 3 is 2.58 bits per heavy atom. The Morgan fingerprint density at radius 2 is 1.85 bits per heavy atom. The highest BCUT2D eigenvalue weighted by atomic mass is 16.7. The van der Waals surface area contributed by atoms with E-state index in [-0.39, 0.29) is 12.5 Å². The number of carbonyl (C=O) groups is 1. The summed E-state index contributed by atoms with van der Waals surface area (Å²) in [5.41, 5.74) is 0. The fraction of sp³-hybridized carbons (Fsp3) is 0.857. The lowest BCUT2D eigenvalue weighted by Crippen LogP contribution is -2.36. The summed E-state index contributed by atoms with van der Waals surface area (Å²) in [7, 11) is 0. The molecule has 3 heterocycles. The average molecular weight is 366 g/mol. The van der Waals surface area contributed by atoms with Crippen molar-refractivity contribution in [3.63, 3.8) is 0 Å². The van der Waals surface area contributed by atoms with Gasteiger partial charge < -0.3 is 19.9 Å². The molecular weight excluding hydrogens is 330 g/mol. The van der Waals surface area contributed by atoms with Gasteiger partial charge in [0.05, 0.1) is 12.2 Å². The number of hydrogen-bond donors (Lipinski definition) is 2. The lowest BCUT2D eigenvalue weighted by molar-refractivity contribution is -0.137. The fourth-order valence-electron chi connectivity index (χ4n) is 4.72. The van der Waals surface area contributed by atoms with Crippen LogP contribution in [0, 0.1) is 11.8 Å². The molecule has 148 valence electrons. The smallest absolute Gasteiger partial charge is 0.303 e. The Hall–Kier alpha value is -0.910. The third kappa shape index (κ3) is 4.87. The molecule has 26 heavy (non-hydrogen) atoms. The highest BCUT2D eigenvalue weighted by Gasteiger charge is 2.68. The predicted molar refractivity (Wildman–Crippen MR) is 101 cm³/mol. The van der Waals surface area contributed by atoms with Crippen LogP contribution < -0.4 is 5.32 Å². The molecule has 0 aromatic heterocycles. The van der Waals surface area contributed by atoms with Crippen LogP contribution in [0.25, 0.3) is 0 Å². The minimum Gasteiger partial charge on any atom is -0.481 e. The van der Waals surface area contributed by atoms with E-state index in [4.69, 9.17) is 14.6 Å². The van der Waals surface area contributed by atoms with Crippen molar-refractivity contribution in [2.24, 2.45) is 11.8 Å². The first-order valence-corrected chi connectivity index (χ1v) is 10.5. The molecule has 3 rings (SSSR count). The molecule has 0 aromatic rings. The maximum absolute atomic E-state index is 10.6. The number of carboxylic acid groups (broad SMARTS) is 1. The minimum atomic E-state index is -0.711. The molecule has 3 aliphatic rings. The van der Waals surface area contributed by atoms with Crippen LogP contribution in [0.1, 0.15) is 65.2 Å². The lowest BCUT2D eigenvalue weighted by Gasteiger charge is -2.26. The zero-order valence-corrected chi connectivity index (χ0v) is 16.2. The molecule has 0 aliphatic carbocycles. The summed E-state index contributed by atoms with van der Waals surface area (Å²) in [5, 5.41) is 12.4. The van der Waals surface area contributed by atoms with Crippen molar-refractivity contribution in [2.45, 2.75) is 95.7 Å². The molecule has 0 aromatic carbocycles. The second-order valence-electron chi connectivity index (χ2n) is 8.24. The molecule has 3 fully saturated rings. The van der Waals surface area contributed by atoms with Crippen molar-refractivity contribution in [1.82, 2.24) is 5.32 Å². The van der Waals surface area contributed by atoms with E-state index in [2.05, 4.69) is 31.3 Å². The van der Waals surface area contributed by atoms with Crippen molar-refractivity contribution in [1.29, 1.82) is 0 Å². The van der Waals surface area contributed by atoms with Crippen molar-refractivity contribution in [2.75, 3.05) is 6.54 Å². The third-order valence-corrected chi connectivity index (χ3v) is 6.21. The summed E-state index contributed by atoms with van der Waals surface area (Å²) in [6, 6.07) is 0.590. The van der Waals surface area contributed by atoms with Gasteiger partial charge in [0.15, 0.2) is 0 Å². The zero-order valence-electron chi connectivity index (χ0n) is 16.2. The Bertz CT molecular complexity index is 494. The molecule has 0 saturated carbocycles. The van der Waals surface area contributed by atoms with Crippen LogP contribution in [0.5, 0.6) is 0 Å². The first-order chi connectivity index (χ1) is 12.6. The molecule has 2 bridgehead atoms. The van der Waals surface area contributed by atoms with Gasteiger partial charge in [-0.1, -0.05) is 31.9 Å². The van der Waals surface area contributed by atoms with Crippen LogP contribution in [-0.4, -0.2) is 48.1 Å². The molecule has 2 N–H and O–H groups in total. The molecule has 0 spiro atoms. The summed E-state index contributed by atoms with van der Waals surface area (Å²) in [4.78, 5) is 10.6. The number of aliphatic carboxylic acids is 1. The lowest BCUT2D eigenvalue weighted by atomic mass is 9.76. The van der Waals surface area contributed by atoms with E-state index in [1.165, 1.54) is 19.3 Å². The molecule has 5 heteroatoms. The average Bonchev–Trinajstić information content (AvgIpc) is 3.24. The molecule has 5 nitrogen and oxygen atoms in total. The minimum absolute atomic E-state index is 0.254. The number of rotatable bonds is 13. The van der Waals surface area contributed by atoms with Crippen LogP contribution in [0.2, 0.25) is 0 Å². The van der Waals surface area contributed by atoms with Crippen molar-refractivity contribution in [3.8, 4) is 0 Å². The third-order valence-electron chi connectivity index (χ3n) is 6.21. The first kappa shape index (κ1) is 19.8. The van der Waals surface area contributed by atoms with Gasteiger partial charge in [0, 0.05) is 12.5 Å². The summed E-state index contributed by atoms with van der Waals surface area (Å²) < 4.78 is 12.0. The van der Waals surface area contributed by atoms with Gasteiger partial charge in [-0.25, -0.2) is 0 Å². The number of unbranched alkanes of at least 4 members (excludes halogenated alkanes) is 2. The van der Waals surface area contributed by atoms with Crippen molar-refractivity contribution >= 4 is 5.97 Å². The van der Waals surface area contributed by atoms with E-state index >= 15 is 0 Å². The molecule has 1 unspecified atom stereocenters. The Balaban J connectivity index is 1.42. The van der Waals surface area contributed by atoms with E-state index in [0.29, 0.717) is 36.2 Å². The van der Waals surface area contributed by atoms with Gasteiger partial charge in [0.2, 0.25) is 0 Å². The van der Waals surface area contributed by atoms with Gasteiger partial charge in [-0.3, -0.25) is 4.79 Å². The van der Waals surface area contributed by atoms with Crippen LogP contribution >= 0.6 is 0 Å². The quantitative estimate of drug-likeness (QED) is 0.297. The number of carboxylic acids is 1. The monoisotopic (exact) mass is 365 g/mol. The molecule has 3 aliphatic heterocycles. The SMILES string of the molecule is CCCCC(C)NCC[C@@H]1[C@H](CC=CCCCC(=O)O)[C@H]2O[C@@H]1[C@H]1O[C@H]12. The van der Waals surface area contributed by atoms with Crippen LogP contribution in [0.15, 0.2) is 12.2 Å². The number of ether oxygens (including phenoxy) is 2. The topological polar surface area (TPSA) is 71.1 Å². The van der Waals surface area contributed by atoms with Gasteiger partial charge >= 0.3 is 5.97 Å². The van der Waals surface area contributed by atoms with Crippen LogP contribution in [0.3, 0.4) is 0 Å². The maximum Gasteiger partial charge on any atom is 0.303 e. The molecular formula is C21H35NO4. The maximum atomic E-state index is 10.6. The van der Waals surface area contributed by atoms with Gasteiger partial charge in [-0.05, 0) is 57.4 Å². The number of nitrogens with one attached hydrogen (secondary N) is 1. The number of hydrogen-bond acceptors (Lipinski definition) is 4. The summed E-state index contributed by atoms with van der Waals surface area (Å²) in [6.45, 7) is 5.58. The van der Waals surface area contributed by atoms with E-state index < -0.39 is 5.97 Å². The van der Waals surface area contributed by atoms with E-state index in [0.717, 1.165) is 32.2 Å². The zero-order chi connectivity index (χ0) is 18.5. The fourth-order valence-corrected chi connectivity index (χ4v) is 4.72. The second kappa shape index (κ2) is 9.34. The highest BCUT2D eigenvalue weighted by Crippen LogP contribution is 2.55. The van der Waals surface area contributed by atoms with Crippen LogP contribution in [-0.2, 0) is 14.3 Å². The number of fused-ring (bicyclic) bond motifs is 5. The molecule has 7 atom stereocenters. The van der Waals surface area contributed by atoms with Gasteiger partial charge in [0.1, 0.15) is 12.2 Å². The molecule has 0 radical (unpaired) electrons. The van der Waals surface area contributed by atoms with Gasteiger partial charge in [-0.2, -0.15) is 0 Å². The van der Waals surface area contributed by atoms with Crippen molar-refractivity contribution in [3.05, 3.63) is 12.2 Å². The molecule has 3 saturated heterocycles. The Labute approximate surface area is 157 Å². The van der Waals surface area contributed by atoms with E-state index in [1.54, 1.807) is 0 Å². The molecule has 0 amide bonds. The normalized spacial score (nSPS) is 35.8. The first-order valence-electron chi connectivity index (χ1n) is 10.5. The summed E-state index contributed by atoms with van der Waals surface area (Å²) in [5.74, 6) is 0.420. The second-order valence-corrected chi connectivity index (χ2v) is 8.24. The Morgan fingerprint density at radius 1 is 1.12 bits per heavy atom. The van der Waals surface area contributed by atoms with Gasteiger partial charge in [0.25, 0.3) is 0 Å². The van der Waals surface area contributed by atoms with E-state index in [9.17, 15) is 4.79 Å². The largest absolute Gasteiger partial charge is 0.481 e. The van der Waals surface area contributed by atoms with E-state index in [1.807, 2.05) is 0 Å². The van der Waals surface area contributed by atoms with Gasteiger partial charge in [-0.15, -0.1) is 0 Å². The number of allylic oxidation sites excluding steroid dienone is 2. The standard InChI is InChI=1S/C21H35NO4/c1-3-4-9-14(2)22-13-12-16-15(10-7-5-6-8-11-17(23)24)18-20-21(26-20)19(16)25-18/h5,7,14-16,18-22H,3-4,6,8-13H2,1-2H3,(H,23,24)/t14?,15-,16+,18+,19-,20-,21+/m0/s1. The predicted octanol–water partition coefficient (Wildman–Crippen LogP) is 3.53. The Kier molecular flexibility index (Phi) is 7.12. The summed E-state index contributed by atoms with van der Waals surface area (Å²) in [6.07, 6.45) is 13.4.